The molecule has 29 heavy (non-hydrogen) atoms. The van der Waals surface area contributed by atoms with Gasteiger partial charge < -0.3 is 24.6 Å². The summed E-state index contributed by atoms with van der Waals surface area (Å²) in [6.45, 7) is 3.62. The van der Waals surface area contributed by atoms with E-state index in [9.17, 15) is 10.2 Å². The Balaban J connectivity index is 1.51. The normalized spacial score (nSPS) is 14.9. The minimum absolute atomic E-state index is 0.241. The zero-order chi connectivity index (χ0) is 20.0. The number of hydrogen-bond acceptors (Lipinski definition) is 5. The predicted molar refractivity (Wildman–Crippen MR) is 112 cm³/mol. The van der Waals surface area contributed by atoms with Crippen LogP contribution in [-0.2, 0) is 6.54 Å². The second-order valence-corrected chi connectivity index (χ2v) is 7.40. The molecule has 0 aromatic heterocycles. The van der Waals surface area contributed by atoms with Crippen molar-refractivity contribution in [2.75, 3.05) is 18.2 Å². The molecule has 2 aliphatic heterocycles. The van der Waals surface area contributed by atoms with E-state index in [0.717, 1.165) is 45.0 Å². The van der Waals surface area contributed by atoms with Crippen molar-refractivity contribution in [1.29, 1.82) is 0 Å². The first-order chi connectivity index (χ1) is 14.1. The molecule has 2 aliphatic rings. The monoisotopic (exact) mass is 387 g/mol. The molecule has 5 heteroatoms. The lowest BCUT2D eigenvalue weighted by Crippen LogP contribution is -2.32. The van der Waals surface area contributed by atoms with Gasteiger partial charge in [-0.1, -0.05) is 18.2 Å². The van der Waals surface area contributed by atoms with Crippen LogP contribution in [0.15, 0.2) is 54.6 Å². The largest absolute Gasteiger partial charge is 0.508 e. The quantitative estimate of drug-likeness (QED) is 0.668. The van der Waals surface area contributed by atoms with Gasteiger partial charge in [-0.05, 0) is 54.5 Å². The second-order valence-electron chi connectivity index (χ2n) is 7.40. The van der Waals surface area contributed by atoms with Crippen molar-refractivity contribution in [3.05, 3.63) is 76.9 Å². The minimum Gasteiger partial charge on any atom is -0.508 e. The Hall–Kier alpha value is -3.60. The van der Waals surface area contributed by atoms with E-state index in [-0.39, 0.29) is 11.5 Å². The number of phenolic OH excluding ortho intramolecular Hbond substituents is 2. The number of benzene rings is 3. The van der Waals surface area contributed by atoms with Gasteiger partial charge in [0, 0.05) is 35.0 Å². The molecule has 2 N–H and O–H groups in total. The van der Waals surface area contributed by atoms with E-state index in [4.69, 9.17) is 9.47 Å². The number of phenols is 2. The van der Waals surface area contributed by atoms with Gasteiger partial charge in [0.15, 0.2) is 6.73 Å². The van der Waals surface area contributed by atoms with Gasteiger partial charge in [0.25, 0.3) is 0 Å². The highest BCUT2D eigenvalue weighted by Gasteiger charge is 2.25. The maximum absolute atomic E-state index is 9.79. The highest BCUT2D eigenvalue weighted by Crippen LogP contribution is 2.42. The summed E-state index contributed by atoms with van der Waals surface area (Å²) >= 11 is 0. The summed E-state index contributed by atoms with van der Waals surface area (Å²) in [6.07, 6.45) is 2.14. The van der Waals surface area contributed by atoms with E-state index in [1.807, 2.05) is 31.2 Å². The van der Waals surface area contributed by atoms with Gasteiger partial charge in [-0.25, -0.2) is 0 Å². The molecule has 0 saturated heterocycles. The van der Waals surface area contributed by atoms with Gasteiger partial charge >= 0.3 is 0 Å². The molecule has 0 amide bonds. The molecule has 0 saturated carbocycles. The van der Waals surface area contributed by atoms with Gasteiger partial charge in [-0.15, -0.1) is 0 Å². The molecule has 0 atom stereocenters. The minimum atomic E-state index is 0.241. The van der Waals surface area contributed by atoms with Crippen LogP contribution in [0.1, 0.15) is 22.3 Å². The van der Waals surface area contributed by atoms with Crippen molar-refractivity contribution in [2.45, 2.75) is 13.5 Å². The van der Waals surface area contributed by atoms with Crippen LogP contribution in [0.5, 0.6) is 23.0 Å². The number of hydrogen-bond donors (Lipinski definition) is 2. The van der Waals surface area contributed by atoms with Crippen LogP contribution in [0.4, 0.5) is 5.69 Å². The molecule has 5 nitrogen and oxygen atoms in total. The van der Waals surface area contributed by atoms with Crippen LogP contribution in [-0.4, -0.2) is 23.6 Å². The summed E-state index contributed by atoms with van der Waals surface area (Å²) in [5.74, 6) is 2.23. The zero-order valence-corrected chi connectivity index (χ0v) is 16.1. The SMILES string of the molecule is Cc1c2c(cc3c1OCN(c1cccc(O)c1)C3)C=C(c1ccc(O)cc1)CO2. The van der Waals surface area contributed by atoms with E-state index >= 15 is 0 Å². The fraction of sp³-hybridized carbons (Fsp3) is 0.167. The molecule has 0 aliphatic carbocycles. The van der Waals surface area contributed by atoms with Crippen molar-refractivity contribution in [2.24, 2.45) is 0 Å². The van der Waals surface area contributed by atoms with E-state index < -0.39 is 0 Å². The molecule has 0 bridgehead atoms. The van der Waals surface area contributed by atoms with E-state index in [2.05, 4.69) is 17.0 Å². The van der Waals surface area contributed by atoms with Gasteiger partial charge in [-0.3, -0.25) is 0 Å². The molecule has 146 valence electrons. The van der Waals surface area contributed by atoms with E-state index in [1.165, 1.54) is 0 Å². The standard InChI is InChI=1S/C24H21NO4/c1-15-23-17(10-19(13-28-23)16-5-7-21(26)8-6-16)9-18-12-25(14-29-24(15)18)20-3-2-4-22(27)11-20/h2-11,26-27H,12-14H2,1H3. The van der Waals surface area contributed by atoms with E-state index in [1.54, 1.807) is 24.3 Å². The Morgan fingerprint density at radius 3 is 2.52 bits per heavy atom. The maximum Gasteiger partial charge on any atom is 0.161 e. The molecule has 5 rings (SSSR count). The van der Waals surface area contributed by atoms with Crippen LogP contribution >= 0.6 is 0 Å². The number of ether oxygens (including phenoxy) is 2. The van der Waals surface area contributed by atoms with Crippen molar-refractivity contribution in [1.82, 2.24) is 0 Å². The Bertz CT molecular complexity index is 1120. The van der Waals surface area contributed by atoms with Gasteiger partial charge in [0.1, 0.15) is 29.6 Å². The molecule has 0 radical (unpaired) electrons. The number of nitrogens with zero attached hydrogens (tertiary/aromatic N) is 1. The summed E-state index contributed by atoms with van der Waals surface area (Å²) in [5.41, 5.74) is 6.14. The lowest BCUT2D eigenvalue weighted by molar-refractivity contribution is 0.282. The third kappa shape index (κ3) is 3.14. The molecule has 3 aromatic rings. The van der Waals surface area contributed by atoms with Gasteiger partial charge in [-0.2, -0.15) is 0 Å². The Labute approximate surface area is 169 Å². The second kappa shape index (κ2) is 6.78. The summed E-state index contributed by atoms with van der Waals surface area (Å²) < 4.78 is 12.2. The molecule has 0 unspecified atom stereocenters. The molecular weight excluding hydrogens is 366 g/mol. The molecule has 0 fully saturated rings. The van der Waals surface area contributed by atoms with Crippen molar-refractivity contribution in [3.8, 4) is 23.0 Å². The van der Waals surface area contributed by atoms with Crippen molar-refractivity contribution in [3.63, 3.8) is 0 Å². The zero-order valence-electron chi connectivity index (χ0n) is 16.1. The Morgan fingerprint density at radius 2 is 1.72 bits per heavy atom. The predicted octanol–water partition coefficient (Wildman–Crippen LogP) is 4.70. The van der Waals surface area contributed by atoms with Crippen LogP contribution in [0.2, 0.25) is 0 Å². The average molecular weight is 387 g/mol. The summed E-state index contributed by atoms with van der Waals surface area (Å²) in [7, 11) is 0. The van der Waals surface area contributed by atoms with Crippen LogP contribution in [0, 0.1) is 6.92 Å². The third-order valence-corrected chi connectivity index (χ3v) is 5.43. The molecular formula is C24H21NO4. The number of rotatable bonds is 2. The van der Waals surface area contributed by atoms with E-state index in [0.29, 0.717) is 19.9 Å². The fourth-order valence-corrected chi connectivity index (χ4v) is 3.97. The topological polar surface area (TPSA) is 62.2 Å². The lowest BCUT2D eigenvalue weighted by Gasteiger charge is -2.33. The van der Waals surface area contributed by atoms with Crippen LogP contribution in [0.25, 0.3) is 11.6 Å². The lowest BCUT2D eigenvalue weighted by atomic mass is 9.96. The summed E-state index contributed by atoms with van der Waals surface area (Å²) in [6, 6.07) is 16.5. The number of anilines is 1. The Morgan fingerprint density at radius 1 is 0.897 bits per heavy atom. The first-order valence-corrected chi connectivity index (χ1v) is 9.54. The third-order valence-electron chi connectivity index (χ3n) is 5.43. The molecule has 0 spiro atoms. The van der Waals surface area contributed by atoms with Crippen molar-refractivity contribution < 1.29 is 19.7 Å². The fourth-order valence-electron chi connectivity index (χ4n) is 3.97. The Kier molecular flexibility index (Phi) is 4.09. The summed E-state index contributed by atoms with van der Waals surface area (Å²) in [4.78, 5) is 2.09. The number of fused-ring (bicyclic) bond motifs is 2. The first-order valence-electron chi connectivity index (χ1n) is 9.54. The van der Waals surface area contributed by atoms with Crippen LogP contribution < -0.4 is 14.4 Å². The molecule has 3 aromatic carbocycles. The highest BCUT2D eigenvalue weighted by molar-refractivity contribution is 5.87. The smallest absolute Gasteiger partial charge is 0.161 e. The number of aromatic hydroxyl groups is 2. The maximum atomic E-state index is 9.79. The average Bonchev–Trinajstić information content (AvgIpc) is 2.74. The van der Waals surface area contributed by atoms with Crippen molar-refractivity contribution >= 4 is 17.3 Å². The van der Waals surface area contributed by atoms with Gasteiger partial charge in [0.2, 0.25) is 0 Å². The highest BCUT2D eigenvalue weighted by atomic mass is 16.5. The summed E-state index contributed by atoms with van der Waals surface area (Å²) in [5, 5.41) is 19.3. The molecule has 2 heterocycles. The van der Waals surface area contributed by atoms with Crippen LogP contribution in [0.3, 0.4) is 0 Å². The van der Waals surface area contributed by atoms with Gasteiger partial charge in [0.05, 0.1) is 0 Å². The first kappa shape index (κ1) is 17.5.